The van der Waals surface area contributed by atoms with Crippen LogP contribution in [0.2, 0.25) is 0 Å². The van der Waals surface area contributed by atoms with E-state index in [2.05, 4.69) is 15.0 Å². The summed E-state index contributed by atoms with van der Waals surface area (Å²) in [5, 5.41) is 0. The normalized spacial score (nSPS) is 15.8. The number of imidazole rings is 1. The van der Waals surface area contributed by atoms with E-state index in [1.807, 2.05) is 25.3 Å². The van der Waals surface area contributed by atoms with Crippen LogP contribution in [0.15, 0.2) is 47.7 Å². The zero-order chi connectivity index (χ0) is 17.6. The molecule has 7 heteroatoms. The fourth-order valence-corrected chi connectivity index (χ4v) is 2.96. The number of nitrogens with one attached hydrogen (secondary N) is 1. The second-order valence-corrected chi connectivity index (χ2v) is 5.80. The summed E-state index contributed by atoms with van der Waals surface area (Å²) in [4.78, 5) is 23.7. The molecule has 25 heavy (non-hydrogen) atoms. The van der Waals surface area contributed by atoms with Gasteiger partial charge in [-0.2, -0.15) is 0 Å². The standard InChI is InChI=1S/C18H15FN4O2/c1-10-9-23-15-6-5-12(19)8-13(15)16(14-4-3-7-20-14)22-18(17(23)21-10)25-11(2)24/h3-9,18,20H,1-2H3. The summed E-state index contributed by atoms with van der Waals surface area (Å²) in [6.45, 7) is 3.16. The summed E-state index contributed by atoms with van der Waals surface area (Å²) < 4.78 is 21.1. The molecule has 0 bridgehead atoms. The Balaban J connectivity index is 2.02. The van der Waals surface area contributed by atoms with Gasteiger partial charge in [-0.1, -0.05) is 0 Å². The molecule has 0 saturated carbocycles. The van der Waals surface area contributed by atoms with E-state index in [0.29, 0.717) is 22.8 Å². The topological polar surface area (TPSA) is 72.3 Å². The number of esters is 1. The first kappa shape index (κ1) is 15.3. The molecule has 0 aliphatic carbocycles. The maximum Gasteiger partial charge on any atom is 0.304 e. The monoisotopic (exact) mass is 338 g/mol. The van der Waals surface area contributed by atoms with Gasteiger partial charge < -0.3 is 9.72 Å². The van der Waals surface area contributed by atoms with Crippen LogP contribution in [0.3, 0.4) is 0 Å². The predicted molar refractivity (Wildman–Crippen MR) is 89.2 cm³/mol. The molecule has 0 radical (unpaired) electrons. The Morgan fingerprint density at radius 3 is 2.92 bits per heavy atom. The van der Waals surface area contributed by atoms with E-state index in [-0.39, 0.29) is 5.82 Å². The fourth-order valence-electron chi connectivity index (χ4n) is 2.96. The van der Waals surface area contributed by atoms with E-state index < -0.39 is 12.2 Å². The number of halogens is 1. The Bertz CT molecular complexity index is 989. The first-order valence-electron chi connectivity index (χ1n) is 7.78. The molecule has 0 spiro atoms. The van der Waals surface area contributed by atoms with Crippen molar-refractivity contribution < 1.29 is 13.9 Å². The van der Waals surface area contributed by atoms with E-state index in [1.54, 1.807) is 16.8 Å². The molecule has 4 rings (SSSR count). The molecular weight excluding hydrogens is 323 g/mol. The number of rotatable bonds is 2. The Hall–Kier alpha value is -3.22. The molecule has 0 fully saturated rings. The maximum atomic E-state index is 14.0. The van der Waals surface area contributed by atoms with Crippen LogP contribution in [0.4, 0.5) is 4.39 Å². The quantitative estimate of drug-likeness (QED) is 0.730. The Kier molecular flexibility index (Phi) is 3.49. The third-order valence-corrected chi connectivity index (χ3v) is 3.92. The van der Waals surface area contributed by atoms with Crippen LogP contribution in [0.1, 0.15) is 35.9 Å². The third kappa shape index (κ3) is 2.63. The molecular formula is C18H15FN4O2. The second kappa shape index (κ2) is 5.70. The van der Waals surface area contributed by atoms with Crippen molar-refractivity contribution in [1.29, 1.82) is 0 Å². The van der Waals surface area contributed by atoms with E-state index in [1.165, 1.54) is 19.1 Å². The molecule has 2 aromatic heterocycles. The first-order chi connectivity index (χ1) is 12.0. The average Bonchev–Trinajstić information content (AvgIpc) is 3.18. The Labute approximate surface area is 143 Å². The van der Waals surface area contributed by atoms with Crippen molar-refractivity contribution in [3.63, 3.8) is 0 Å². The summed E-state index contributed by atoms with van der Waals surface area (Å²) in [5.41, 5.74) is 3.28. The fraction of sp³-hybridized carbons (Fsp3) is 0.167. The smallest absolute Gasteiger partial charge is 0.304 e. The van der Waals surface area contributed by atoms with Crippen LogP contribution in [0.5, 0.6) is 0 Å². The van der Waals surface area contributed by atoms with Crippen LogP contribution in [0, 0.1) is 12.7 Å². The van der Waals surface area contributed by atoms with Gasteiger partial charge in [0.2, 0.25) is 0 Å². The van der Waals surface area contributed by atoms with Gasteiger partial charge in [-0.25, -0.2) is 14.4 Å². The zero-order valence-corrected chi connectivity index (χ0v) is 13.7. The summed E-state index contributed by atoms with van der Waals surface area (Å²) in [5.74, 6) is -0.367. The molecule has 1 N–H and O–H groups in total. The lowest BCUT2D eigenvalue weighted by Crippen LogP contribution is -2.11. The number of aliphatic imine (C=N–C) groups is 1. The minimum atomic E-state index is -0.917. The van der Waals surface area contributed by atoms with Crippen molar-refractivity contribution in [3.8, 4) is 5.69 Å². The highest BCUT2D eigenvalue weighted by molar-refractivity contribution is 6.14. The van der Waals surface area contributed by atoms with Gasteiger partial charge in [0.25, 0.3) is 6.23 Å². The molecule has 1 aliphatic heterocycles. The number of carbonyl (C=O) groups is 1. The summed E-state index contributed by atoms with van der Waals surface area (Å²) >= 11 is 0. The highest BCUT2D eigenvalue weighted by atomic mass is 19.1. The number of aryl methyl sites for hydroxylation is 1. The molecule has 3 aromatic rings. The number of ether oxygens (including phenoxy) is 1. The lowest BCUT2D eigenvalue weighted by Gasteiger charge is -2.12. The van der Waals surface area contributed by atoms with Crippen LogP contribution in [-0.4, -0.2) is 26.2 Å². The molecule has 1 aromatic carbocycles. The van der Waals surface area contributed by atoms with Gasteiger partial charge in [0.1, 0.15) is 5.82 Å². The molecule has 1 aliphatic rings. The molecule has 1 unspecified atom stereocenters. The minimum absolute atomic E-state index is 0.373. The van der Waals surface area contributed by atoms with Crippen molar-refractivity contribution in [2.45, 2.75) is 20.1 Å². The summed E-state index contributed by atoms with van der Waals surface area (Å²) in [6, 6.07) is 8.13. The zero-order valence-electron chi connectivity index (χ0n) is 13.7. The number of fused-ring (bicyclic) bond motifs is 3. The second-order valence-electron chi connectivity index (χ2n) is 5.80. The van der Waals surface area contributed by atoms with E-state index in [4.69, 9.17) is 4.74 Å². The van der Waals surface area contributed by atoms with E-state index >= 15 is 0 Å². The van der Waals surface area contributed by atoms with Crippen molar-refractivity contribution in [3.05, 3.63) is 71.3 Å². The van der Waals surface area contributed by atoms with Gasteiger partial charge in [-0.15, -0.1) is 0 Å². The highest BCUT2D eigenvalue weighted by Gasteiger charge is 2.29. The number of hydrogen-bond acceptors (Lipinski definition) is 4. The van der Waals surface area contributed by atoms with Gasteiger partial charge in [0.05, 0.1) is 22.8 Å². The average molecular weight is 338 g/mol. The first-order valence-corrected chi connectivity index (χ1v) is 7.78. The molecule has 6 nitrogen and oxygen atoms in total. The summed E-state index contributed by atoms with van der Waals surface area (Å²) in [7, 11) is 0. The van der Waals surface area contributed by atoms with Crippen LogP contribution < -0.4 is 0 Å². The maximum absolute atomic E-state index is 14.0. The van der Waals surface area contributed by atoms with Gasteiger partial charge in [0, 0.05) is 24.9 Å². The van der Waals surface area contributed by atoms with Gasteiger partial charge in [-0.05, 0) is 37.3 Å². The van der Waals surface area contributed by atoms with Crippen molar-refractivity contribution in [2.75, 3.05) is 0 Å². The van der Waals surface area contributed by atoms with Crippen LogP contribution in [0.25, 0.3) is 5.69 Å². The molecule has 126 valence electrons. The summed E-state index contributed by atoms with van der Waals surface area (Å²) in [6.07, 6.45) is 2.65. The van der Waals surface area contributed by atoms with Gasteiger partial charge >= 0.3 is 5.97 Å². The number of hydrogen-bond donors (Lipinski definition) is 1. The Morgan fingerprint density at radius 2 is 2.20 bits per heavy atom. The third-order valence-electron chi connectivity index (χ3n) is 3.92. The largest absolute Gasteiger partial charge is 0.432 e. The number of aromatic nitrogens is 3. The van der Waals surface area contributed by atoms with Gasteiger partial charge in [-0.3, -0.25) is 9.36 Å². The number of carbonyl (C=O) groups excluding carboxylic acids is 1. The lowest BCUT2D eigenvalue weighted by atomic mass is 10.0. The predicted octanol–water partition coefficient (Wildman–Crippen LogP) is 3.06. The minimum Gasteiger partial charge on any atom is -0.432 e. The van der Waals surface area contributed by atoms with E-state index in [9.17, 15) is 9.18 Å². The number of benzene rings is 1. The van der Waals surface area contributed by atoms with Crippen molar-refractivity contribution in [1.82, 2.24) is 14.5 Å². The molecule has 3 heterocycles. The number of H-pyrrole nitrogens is 1. The highest BCUT2D eigenvalue weighted by Crippen LogP contribution is 2.31. The molecule has 0 amide bonds. The number of nitrogens with zero attached hydrogens (tertiary/aromatic N) is 3. The van der Waals surface area contributed by atoms with E-state index in [0.717, 1.165) is 11.4 Å². The number of aromatic amines is 1. The Morgan fingerprint density at radius 1 is 1.36 bits per heavy atom. The molecule has 1 atom stereocenters. The lowest BCUT2D eigenvalue weighted by molar-refractivity contribution is -0.146. The van der Waals surface area contributed by atoms with Crippen molar-refractivity contribution in [2.24, 2.45) is 4.99 Å². The molecule has 0 saturated heterocycles. The van der Waals surface area contributed by atoms with Crippen LogP contribution >= 0.6 is 0 Å². The van der Waals surface area contributed by atoms with Crippen molar-refractivity contribution >= 4 is 11.7 Å². The SMILES string of the molecule is CC(=O)OC1N=C(c2ccc[nH]2)c2cc(F)ccc2-n2cc(C)nc21. The van der Waals surface area contributed by atoms with Crippen LogP contribution in [-0.2, 0) is 9.53 Å². The van der Waals surface area contributed by atoms with Gasteiger partial charge in [0.15, 0.2) is 5.82 Å².